The summed E-state index contributed by atoms with van der Waals surface area (Å²) in [4.78, 5) is 22.7. The van der Waals surface area contributed by atoms with Gasteiger partial charge in [-0.1, -0.05) is 6.92 Å². The van der Waals surface area contributed by atoms with E-state index in [0.29, 0.717) is 18.5 Å². The lowest BCUT2D eigenvalue weighted by Crippen LogP contribution is -2.26. The Balaban J connectivity index is 2.49. The van der Waals surface area contributed by atoms with Gasteiger partial charge in [0.1, 0.15) is 0 Å². The fourth-order valence-corrected chi connectivity index (χ4v) is 4.16. The first kappa shape index (κ1) is 19.4. The monoisotopic (exact) mass is 627 g/mol. The second-order valence-corrected chi connectivity index (χ2v) is 8.32. The summed E-state index contributed by atoms with van der Waals surface area (Å²) >= 11 is 6.61. The molecule has 0 saturated heterocycles. The average molecular weight is 627 g/mol. The van der Waals surface area contributed by atoms with Gasteiger partial charge >= 0.3 is 5.97 Å². The summed E-state index contributed by atoms with van der Waals surface area (Å²) in [6.07, 6.45) is 1.61. The lowest BCUT2D eigenvalue weighted by atomic mass is 10.0. The quantitative estimate of drug-likeness (QED) is 0.354. The molecule has 21 heavy (non-hydrogen) atoms. The summed E-state index contributed by atoms with van der Waals surface area (Å²) in [5.41, 5.74) is 0.699. The van der Waals surface area contributed by atoms with Crippen LogP contribution in [0.25, 0.3) is 0 Å². The summed E-state index contributed by atoms with van der Waals surface area (Å²) in [7, 11) is 0. The Hall–Kier alpha value is 0.350. The van der Waals surface area contributed by atoms with Gasteiger partial charge in [-0.2, -0.15) is 0 Å². The number of halogens is 3. The van der Waals surface area contributed by atoms with Crippen LogP contribution in [0.3, 0.4) is 0 Å². The molecule has 4 nitrogen and oxygen atoms in total. The first-order chi connectivity index (χ1) is 9.81. The number of hydrogen-bond acceptors (Lipinski definition) is 2. The number of benzene rings is 1. The predicted octanol–water partition coefficient (Wildman–Crippen LogP) is 4.12. The normalized spacial score (nSPS) is 12.0. The minimum Gasteiger partial charge on any atom is -0.481 e. The first-order valence-electron chi connectivity index (χ1n) is 6.45. The third kappa shape index (κ3) is 6.97. The Morgan fingerprint density at radius 3 is 2.52 bits per heavy atom. The number of carbonyl (C=O) groups is 2. The van der Waals surface area contributed by atoms with E-state index in [9.17, 15) is 9.59 Å². The molecule has 0 radical (unpaired) electrons. The van der Waals surface area contributed by atoms with Crippen LogP contribution in [0.5, 0.6) is 0 Å². The maximum atomic E-state index is 12.2. The van der Waals surface area contributed by atoms with Gasteiger partial charge in [-0.3, -0.25) is 9.59 Å². The molecule has 1 aromatic carbocycles. The second-order valence-electron chi connectivity index (χ2n) is 4.83. The standard InChI is InChI=1S/C14H16I3NO3/c1-8(2-3-12(19)20)4-5-18-14(21)10-6-9(15)7-11(16)13(10)17/h6-8H,2-5H2,1H3,(H,18,21)(H,19,20). The molecule has 116 valence electrons. The van der Waals surface area contributed by atoms with E-state index in [2.05, 4.69) is 73.1 Å². The number of carbonyl (C=O) groups excluding carboxylic acids is 1. The SMILES string of the molecule is CC(CCNC(=O)c1cc(I)cc(I)c1I)CCC(=O)O. The van der Waals surface area contributed by atoms with Crippen molar-refractivity contribution < 1.29 is 14.7 Å². The smallest absolute Gasteiger partial charge is 0.303 e. The molecule has 1 amide bonds. The number of carboxylic acids is 1. The zero-order valence-corrected chi connectivity index (χ0v) is 17.9. The van der Waals surface area contributed by atoms with Crippen molar-refractivity contribution in [3.63, 3.8) is 0 Å². The topological polar surface area (TPSA) is 66.4 Å². The molecule has 1 atom stereocenters. The molecule has 2 N–H and O–H groups in total. The number of carboxylic acid groups (broad SMARTS) is 1. The van der Waals surface area contributed by atoms with Gasteiger partial charge in [-0.15, -0.1) is 0 Å². The molecule has 1 unspecified atom stereocenters. The van der Waals surface area contributed by atoms with Crippen molar-refractivity contribution in [1.29, 1.82) is 0 Å². The number of aliphatic carboxylic acids is 1. The van der Waals surface area contributed by atoms with Crippen molar-refractivity contribution in [2.75, 3.05) is 6.54 Å². The molecule has 0 aromatic heterocycles. The summed E-state index contributed by atoms with van der Waals surface area (Å²) in [5.74, 6) is -0.549. The lowest BCUT2D eigenvalue weighted by Gasteiger charge is -2.12. The third-order valence-electron chi connectivity index (χ3n) is 3.01. The van der Waals surface area contributed by atoms with Gasteiger partial charge in [0, 0.05) is 23.7 Å². The van der Waals surface area contributed by atoms with Crippen LogP contribution >= 0.6 is 67.8 Å². The minimum atomic E-state index is -0.770. The maximum absolute atomic E-state index is 12.2. The summed E-state index contributed by atoms with van der Waals surface area (Å²) in [6.45, 7) is 2.57. The summed E-state index contributed by atoms with van der Waals surface area (Å²) in [6, 6.07) is 3.92. The number of nitrogens with one attached hydrogen (secondary N) is 1. The second kappa shape index (κ2) is 9.48. The van der Waals surface area contributed by atoms with E-state index in [0.717, 1.165) is 17.1 Å². The average Bonchev–Trinajstić information content (AvgIpc) is 2.40. The molecule has 0 fully saturated rings. The van der Waals surface area contributed by atoms with Crippen LogP contribution in [0.4, 0.5) is 0 Å². The van der Waals surface area contributed by atoms with Gasteiger partial charge in [0.05, 0.1) is 5.56 Å². The van der Waals surface area contributed by atoms with Gasteiger partial charge in [0.15, 0.2) is 0 Å². The highest BCUT2D eigenvalue weighted by Crippen LogP contribution is 2.22. The molecule has 0 spiro atoms. The Kier molecular flexibility index (Phi) is 8.76. The first-order valence-corrected chi connectivity index (χ1v) is 9.69. The van der Waals surface area contributed by atoms with Crippen molar-refractivity contribution in [3.05, 3.63) is 28.4 Å². The molecule has 7 heteroatoms. The zero-order chi connectivity index (χ0) is 16.0. The fraction of sp³-hybridized carbons (Fsp3) is 0.429. The lowest BCUT2D eigenvalue weighted by molar-refractivity contribution is -0.137. The molecule has 0 aliphatic heterocycles. The van der Waals surface area contributed by atoms with Crippen LogP contribution in [0.1, 0.15) is 36.5 Å². The highest BCUT2D eigenvalue weighted by molar-refractivity contribution is 14.1. The van der Waals surface area contributed by atoms with E-state index in [1.807, 2.05) is 19.1 Å². The summed E-state index contributed by atoms with van der Waals surface area (Å²) < 4.78 is 3.07. The van der Waals surface area contributed by atoms with Crippen molar-refractivity contribution in [2.24, 2.45) is 5.92 Å². The van der Waals surface area contributed by atoms with Gasteiger partial charge < -0.3 is 10.4 Å². The minimum absolute atomic E-state index is 0.0683. The van der Waals surface area contributed by atoms with E-state index in [4.69, 9.17) is 5.11 Å². The van der Waals surface area contributed by atoms with E-state index >= 15 is 0 Å². The highest BCUT2D eigenvalue weighted by atomic mass is 127. The van der Waals surface area contributed by atoms with E-state index in [-0.39, 0.29) is 18.2 Å². The molecule has 0 saturated carbocycles. The molecule has 1 rings (SSSR count). The Morgan fingerprint density at radius 2 is 1.90 bits per heavy atom. The van der Waals surface area contributed by atoms with Gasteiger partial charge in [-0.05, 0) is 98.7 Å². The molecule has 1 aromatic rings. The van der Waals surface area contributed by atoms with Crippen LogP contribution < -0.4 is 5.32 Å². The highest BCUT2D eigenvalue weighted by Gasteiger charge is 2.14. The molecule has 0 bridgehead atoms. The molecular formula is C14H16I3NO3. The Labute approximate surface area is 165 Å². The van der Waals surface area contributed by atoms with Crippen LogP contribution in [-0.4, -0.2) is 23.5 Å². The Morgan fingerprint density at radius 1 is 1.24 bits per heavy atom. The third-order valence-corrected chi connectivity index (χ3v) is 6.68. The van der Waals surface area contributed by atoms with Crippen molar-refractivity contribution in [1.82, 2.24) is 5.32 Å². The largest absolute Gasteiger partial charge is 0.481 e. The van der Waals surface area contributed by atoms with Gasteiger partial charge in [-0.25, -0.2) is 0 Å². The van der Waals surface area contributed by atoms with Gasteiger partial charge in [0.2, 0.25) is 0 Å². The fourth-order valence-electron chi connectivity index (χ4n) is 1.76. The number of amides is 1. The number of rotatable bonds is 7. The van der Waals surface area contributed by atoms with Crippen molar-refractivity contribution >= 4 is 79.6 Å². The number of hydrogen-bond donors (Lipinski definition) is 2. The molecule has 0 aliphatic carbocycles. The van der Waals surface area contributed by atoms with Crippen LogP contribution in [0.15, 0.2) is 12.1 Å². The van der Waals surface area contributed by atoms with Crippen molar-refractivity contribution in [2.45, 2.75) is 26.2 Å². The summed E-state index contributed by atoms with van der Waals surface area (Å²) in [5, 5.41) is 11.6. The Bertz CT molecular complexity index is 534. The van der Waals surface area contributed by atoms with Gasteiger partial charge in [0.25, 0.3) is 5.91 Å². The molecule has 0 heterocycles. The van der Waals surface area contributed by atoms with Crippen LogP contribution in [0.2, 0.25) is 0 Å². The molecular weight excluding hydrogens is 611 g/mol. The van der Waals surface area contributed by atoms with Crippen LogP contribution in [0, 0.1) is 16.6 Å². The maximum Gasteiger partial charge on any atom is 0.303 e. The van der Waals surface area contributed by atoms with E-state index < -0.39 is 5.97 Å². The van der Waals surface area contributed by atoms with Crippen molar-refractivity contribution in [3.8, 4) is 0 Å². The van der Waals surface area contributed by atoms with E-state index in [1.165, 1.54) is 0 Å². The molecule has 0 aliphatic rings. The van der Waals surface area contributed by atoms with Crippen LogP contribution in [-0.2, 0) is 4.79 Å². The predicted molar refractivity (Wildman–Crippen MR) is 108 cm³/mol. The van der Waals surface area contributed by atoms with E-state index in [1.54, 1.807) is 0 Å². The zero-order valence-electron chi connectivity index (χ0n) is 11.5.